The molecule has 1 amide bonds. The van der Waals surface area contributed by atoms with Crippen molar-refractivity contribution in [3.05, 3.63) is 41.7 Å². The predicted octanol–water partition coefficient (Wildman–Crippen LogP) is 3.58. The number of nitrogens with zero attached hydrogens (tertiary/aromatic N) is 2. The molecule has 1 heterocycles. The highest BCUT2D eigenvalue weighted by Gasteiger charge is 2.39. The number of hydrogen-bond donors (Lipinski definition) is 3. The van der Waals surface area contributed by atoms with Crippen molar-refractivity contribution >= 4 is 42.5 Å². The number of fused-ring (bicyclic) bond motifs is 2. The lowest BCUT2D eigenvalue weighted by Gasteiger charge is -2.45. The molecule has 6 nitrogen and oxygen atoms in total. The number of nitrogens with two attached hydrogens (primary N) is 1. The van der Waals surface area contributed by atoms with E-state index in [4.69, 9.17) is 5.73 Å². The number of carbonyl (C=O) groups excluding carboxylic acids is 1. The molecule has 2 bridgehead atoms. The number of nitrogens with one attached hydrogen (secondary N) is 2. The number of aromatic amines is 1. The van der Waals surface area contributed by atoms with Gasteiger partial charge in [-0.3, -0.25) is 9.89 Å². The van der Waals surface area contributed by atoms with Crippen molar-refractivity contribution in [1.82, 2.24) is 20.5 Å². The Bertz CT molecular complexity index is 729. The Balaban J connectivity index is 0.00000140. The average Bonchev–Trinajstić information content (AvgIpc) is 3.15. The number of aromatic nitrogens is 3. The fourth-order valence-electron chi connectivity index (χ4n) is 4.43. The van der Waals surface area contributed by atoms with Crippen molar-refractivity contribution in [3.8, 4) is 0 Å². The van der Waals surface area contributed by atoms with Crippen LogP contribution in [0.3, 0.4) is 0 Å². The van der Waals surface area contributed by atoms with E-state index in [1.54, 1.807) is 11.8 Å². The lowest BCUT2D eigenvalue weighted by atomic mass is 9.67. The topological polar surface area (TPSA) is 96.7 Å². The van der Waals surface area contributed by atoms with Crippen LogP contribution in [0.4, 0.5) is 0 Å². The van der Waals surface area contributed by atoms with E-state index in [1.807, 2.05) is 24.3 Å². The number of halogens is 2. The molecule has 2 fully saturated rings. The number of amides is 1. The molecular formula is C19H27Cl2N5OS. The van der Waals surface area contributed by atoms with Crippen molar-refractivity contribution in [2.75, 3.05) is 0 Å². The summed E-state index contributed by atoms with van der Waals surface area (Å²) in [5.74, 6) is 1.91. The van der Waals surface area contributed by atoms with Crippen LogP contribution < -0.4 is 11.1 Å². The van der Waals surface area contributed by atoms with Crippen LogP contribution in [0.25, 0.3) is 0 Å². The van der Waals surface area contributed by atoms with Gasteiger partial charge in [0.15, 0.2) is 5.16 Å². The number of hydrogen-bond acceptors (Lipinski definition) is 5. The summed E-state index contributed by atoms with van der Waals surface area (Å²) in [6.07, 6.45) is 7.23. The Kier molecular flexibility index (Phi) is 8.61. The van der Waals surface area contributed by atoms with Crippen molar-refractivity contribution in [1.29, 1.82) is 0 Å². The first-order valence-electron chi connectivity index (χ1n) is 9.32. The maximum absolute atomic E-state index is 12.7. The van der Waals surface area contributed by atoms with E-state index in [0.717, 1.165) is 34.9 Å². The first-order valence-corrected chi connectivity index (χ1v) is 10.3. The molecule has 0 saturated heterocycles. The molecule has 0 radical (unpaired) electrons. The molecule has 2 atom stereocenters. The van der Waals surface area contributed by atoms with Gasteiger partial charge in [0.1, 0.15) is 6.33 Å². The largest absolute Gasteiger partial charge is 0.349 e. The predicted molar refractivity (Wildman–Crippen MR) is 116 cm³/mol. The number of H-pyrrole nitrogens is 1. The van der Waals surface area contributed by atoms with Gasteiger partial charge in [0, 0.05) is 23.4 Å². The summed E-state index contributed by atoms with van der Waals surface area (Å²) >= 11 is 1.59. The molecule has 1 aromatic carbocycles. The lowest BCUT2D eigenvalue weighted by Crippen LogP contribution is -2.53. The van der Waals surface area contributed by atoms with Gasteiger partial charge in [0.25, 0.3) is 5.91 Å². The van der Waals surface area contributed by atoms with Crippen molar-refractivity contribution in [3.63, 3.8) is 0 Å². The van der Waals surface area contributed by atoms with Crippen LogP contribution in [0.5, 0.6) is 0 Å². The zero-order valence-electron chi connectivity index (χ0n) is 15.5. The maximum atomic E-state index is 12.7. The second kappa shape index (κ2) is 10.5. The molecule has 2 unspecified atom stereocenters. The summed E-state index contributed by atoms with van der Waals surface area (Å²) in [6, 6.07) is 8.44. The van der Waals surface area contributed by atoms with Crippen LogP contribution in [0.1, 0.15) is 48.0 Å². The number of benzene rings is 1. The first kappa shape index (κ1) is 23.0. The van der Waals surface area contributed by atoms with Crippen LogP contribution in [0.15, 0.2) is 35.7 Å². The minimum absolute atomic E-state index is 0. The second-order valence-electron chi connectivity index (χ2n) is 7.46. The summed E-state index contributed by atoms with van der Waals surface area (Å²) in [7, 11) is 0. The third kappa shape index (κ3) is 5.41. The Morgan fingerprint density at radius 2 is 1.86 bits per heavy atom. The molecule has 0 spiro atoms. The van der Waals surface area contributed by atoms with E-state index >= 15 is 0 Å². The third-order valence-corrected chi connectivity index (χ3v) is 6.61. The minimum Gasteiger partial charge on any atom is -0.349 e. The molecule has 0 aliphatic heterocycles. The van der Waals surface area contributed by atoms with Gasteiger partial charge in [-0.1, -0.05) is 30.3 Å². The fraction of sp³-hybridized carbons (Fsp3) is 0.526. The number of rotatable bonds is 5. The molecular weight excluding hydrogens is 417 g/mol. The zero-order valence-corrected chi connectivity index (χ0v) is 18.0. The SMILES string of the molecule is Cl.Cl.NC1CC2CCCC(C1)C2NC(=O)c1ccc(CSc2ncn[nH]2)cc1. The number of thioether (sulfide) groups is 1. The van der Waals surface area contributed by atoms with Crippen LogP contribution in [0, 0.1) is 11.8 Å². The second-order valence-corrected chi connectivity index (χ2v) is 8.42. The quantitative estimate of drug-likeness (QED) is 0.613. The maximum Gasteiger partial charge on any atom is 0.251 e. The fourth-order valence-corrected chi connectivity index (χ4v) is 5.16. The first-order chi connectivity index (χ1) is 12.7. The van der Waals surface area contributed by atoms with Crippen LogP contribution in [0.2, 0.25) is 0 Å². The lowest BCUT2D eigenvalue weighted by molar-refractivity contribution is 0.0756. The Hall–Kier alpha value is -1.28. The van der Waals surface area contributed by atoms with Gasteiger partial charge in [-0.2, -0.15) is 5.10 Å². The summed E-state index contributed by atoms with van der Waals surface area (Å²) in [5.41, 5.74) is 8.07. The summed E-state index contributed by atoms with van der Waals surface area (Å²) < 4.78 is 0. The van der Waals surface area contributed by atoms with Gasteiger partial charge in [-0.05, 0) is 55.2 Å². The van der Waals surface area contributed by atoms with Crippen molar-refractivity contribution in [2.45, 2.75) is 55.1 Å². The Morgan fingerprint density at radius 3 is 2.46 bits per heavy atom. The van der Waals surface area contributed by atoms with E-state index in [1.165, 1.54) is 25.6 Å². The molecule has 2 aliphatic rings. The van der Waals surface area contributed by atoms with E-state index < -0.39 is 0 Å². The van der Waals surface area contributed by atoms with E-state index in [9.17, 15) is 4.79 Å². The third-order valence-electron chi connectivity index (χ3n) is 5.66. The van der Waals surface area contributed by atoms with E-state index in [2.05, 4.69) is 20.5 Å². The minimum atomic E-state index is 0. The molecule has 2 saturated carbocycles. The highest BCUT2D eigenvalue weighted by Crippen LogP contribution is 2.39. The highest BCUT2D eigenvalue weighted by molar-refractivity contribution is 7.98. The number of carbonyl (C=O) groups is 1. The van der Waals surface area contributed by atoms with Crippen LogP contribution >= 0.6 is 36.6 Å². The molecule has 28 heavy (non-hydrogen) atoms. The summed E-state index contributed by atoms with van der Waals surface area (Å²) in [4.78, 5) is 16.8. The van der Waals surface area contributed by atoms with E-state index in [0.29, 0.717) is 17.9 Å². The van der Waals surface area contributed by atoms with Gasteiger partial charge >= 0.3 is 0 Å². The van der Waals surface area contributed by atoms with Gasteiger partial charge < -0.3 is 11.1 Å². The molecule has 9 heteroatoms. The Morgan fingerprint density at radius 1 is 1.18 bits per heavy atom. The van der Waals surface area contributed by atoms with E-state index in [-0.39, 0.29) is 36.8 Å². The monoisotopic (exact) mass is 443 g/mol. The molecule has 2 aromatic rings. The molecule has 1 aromatic heterocycles. The molecule has 2 aliphatic carbocycles. The molecule has 4 rings (SSSR count). The zero-order chi connectivity index (χ0) is 17.9. The van der Waals surface area contributed by atoms with Gasteiger partial charge in [-0.15, -0.1) is 24.8 Å². The summed E-state index contributed by atoms with van der Waals surface area (Å²) in [5, 5.41) is 10.8. The normalized spacial score (nSPS) is 25.9. The van der Waals surface area contributed by atoms with Gasteiger partial charge in [0.05, 0.1) is 0 Å². The average molecular weight is 444 g/mol. The summed E-state index contributed by atoms with van der Waals surface area (Å²) in [6.45, 7) is 0. The highest BCUT2D eigenvalue weighted by atomic mass is 35.5. The Labute approximate surface area is 182 Å². The van der Waals surface area contributed by atoms with Gasteiger partial charge in [-0.25, -0.2) is 4.98 Å². The van der Waals surface area contributed by atoms with Crippen LogP contribution in [-0.2, 0) is 5.75 Å². The molecule has 154 valence electrons. The smallest absolute Gasteiger partial charge is 0.251 e. The van der Waals surface area contributed by atoms with Crippen molar-refractivity contribution < 1.29 is 4.79 Å². The standard InChI is InChI=1S/C19H25N5OS.2ClH/c20-16-8-14-2-1-3-15(9-16)17(14)23-18(25)13-6-4-12(5-7-13)10-26-19-21-11-22-24-19;;/h4-7,11,14-17H,1-3,8-10,20H2,(H,23,25)(H,21,22,24);2*1H. The molecule has 4 N–H and O–H groups in total. The van der Waals surface area contributed by atoms with Crippen molar-refractivity contribution in [2.24, 2.45) is 17.6 Å². The van der Waals surface area contributed by atoms with Gasteiger partial charge in [0.2, 0.25) is 0 Å². The van der Waals surface area contributed by atoms with Crippen LogP contribution in [-0.4, -0.2) is 33.2 Å².